The molecule has 0 bridgehead atoms. The second-order valence-corrected chi connectivity index (χ2v) is 3.40. The fourth-order valence-electron chi connectivity index (χ4n) is 0.632. The Labute approximate surface area is 73.7 Å². The maximum Gasteiger partial charge on any atom is 0.339 e. The standard InChI is InChI=1S/C7H7ClO2S/c1-2-10-7(9)5-3-6(8)11-4-5/h3-4H,2H2,1H3. The second-order valence-electron chi connectivity index (χ2n) is 1.86. The number of carbonyl (C=O) groups is 1. The number of esters is 1. The van der Waals surface area contributed by atoms with Crippen molar-refractivity contribution in [2.24, 2.45) is 0 Å². The summed E-state index contributed by atoms with van der Waals surface area (Å²) < 4.78 is 5.36. The molecule has 0 amide bonds. The first-order chi connectivity index (χ1) is 5.24. The number of carbonyl (C=O) groups excluding carboxylic acids is 1. The van der Waals surface area contributed by atoms with Crippen LogP contribution in [-0.2, 0) is 4.74 Å². The van der Waals surface area contributed by atoms with Crippen LogP contribution in [0.5, 0.6) is 0 Å². The maximum atomic E-state index is 11.0. The zero-order valence-electron chi connectivity index (χ0n) is 5.96. The molecule has 0 radical (unpaired) electrons. The number of hydrogen-bond acceptors (Lipinski definition) is 3. The minimum absolute atomic E-state index is 0.310. The van der Waals surface area contributed by atoms with Gasteiger partial charge >= 0.3 is 5.97 Å². The van der Waals surface area contributed by atoms with Crippen molar-refractivity contribution in [3.63, 3.8) is 0 Å². The van der Waals surface area contributed by atoms with Crippen molar-refractivity contribution < 1.29 is 9.53 Å². The Hall–Kier alpha value is -0.540. The van der Waals surface area contributed by atoms with Gasteiger partial charge < -0.3 is 4.74 Å². The molecule has 0 fully saturated rings. The van der Waals surface area contributed by atoms with Crippen molar-refractivity contribution in [3.8, 4) is 0 Å². The van der Waals surface area contributed by atoms with Gasteiger partial charge in [-0.05, 0) is 13.0 Å². The number of hydrogen-bond donors (Lipinski definition) is 0. The van der Waals surface area contributed by atoms with E-state index in [1.165, 1.54) is 11.3 Å². The molecule has 1 aromatic heterocycles. The highest BCUT2D eigenvalue weighted by Crippen LogP contribution is 2.20. The van der Waals surface area contributed by atoms with Gasteiger partial charge in [0.2, 0.25) is 0 Å². The first-order valence-corrected chi connectivity index (χ1v) is 4.41. The molecular weight excluding hydrogens is 184 g/mol. The van der Waals surface area contributed by atoms with Gasteiger partial charge in [-0.2, -0.15) is 0 Å². The topological polar surface area (TPSA) is 26.3 Å². The van der Waals surface area contributed by atoms with Gasteiger partial charge in [-0.25, -0.2) is 4.79 Å². The Morgan fingerprint density at radius 2 is 2.55 bits per heavy atom. The number of ether oxygens (including phenoxy) is 1. The third-order valence-electron chi connectivity index (χ3n) is 1.08. The largest absolute Gasteiger partial charge is 0.462 e. The van der Waals surface area contributed by atoms with Crippen molar-refractivity contribution in [2.45, 2.75) is 6.92 Å². The minimum atomic E-state index is -0.310. The van der Waals surface area contributed by atoms with Crippen LogP contribution < -0.4 is 0 Å². The average molecular weight is 191 g/mol. The lowest BCUT2D eigenvalue weighted by Gasteiger charge is -1.96. The van der Waals surface area contributed by atoms with Crippen molar-refractivity contribution >= 4 is 28.9 Å². The van der Waals surface area contributed by atoms with Crippen LogP contribution in [0.15, 0.2) is 11.4 Å². The van der Waals surface area contributed by atoms with Crippen molar-refractivity contribution in [1.29, 1.82) is 0 Å². The smallest absolute Gasteiger partial charge is 0.339 e. The summed E-state index contributed by atoms with van der Waals surface area (Å²) in [4.78, 5) is 11.0. The van der Waals surface area contributed by atoms with Gasteiger partial charge in [0.15, 0.2) is 0 Å². The fraction of sp³-hybridized carbons (Fsp3) is 0.286. The van der Waals surface area contributed by atoms with E-state index in [0.29, 0.717) is 16.5 Å². The summed E-state index contributed by atoms with van der Waals surface area (Å²) in [7, 11) is 0. The van der Waals surface area contributed by atoms with E-state index in [9.17, 15) is 4.79 Å². The van der Waals surface area contributed by atoms with Gasteiger partial charge in [0.1, 0.15) is 0 Å². The van der Waals surface area contributed by atoms with Crippen LogP contribution in [0.1, 0.15) is 17.3 Å². The molecule has 11 heavy (non-hydrogen) atoms. The average Bonchev–Trinajstić information content (AvgIpc) is 2.36. The Balaban J connectivity index is 2.69. The molecule has 4 heteroatoms. The molecule has 0 saturated carbocycles. The van der Waals surface area contributed by atoms with Gasteiger partial charge in [-0.15, -0.1) is 11.3 Å². The summed E-state index contributed by atoms with van der Waals surface area (Å²) in [5.41, 5.74) is 0.529. The summed E-state index contributed by atoms with van der Waals surface area (Å²) in [6.07, 6.45) is 0. The third-order valence-corrected chi connectivity index (χ3v) is 2.17. The van der Waals surface area contributed by atoms with E-state index in [1.54, 1.807) is 18.4 Å². The Morgan fingerprint density at radius 1 is 1.82 bits per heavy atom. The highest BCUT2D eigenvalue weighted by atomic mass is 35.5. The van der Waals surface area contributed by atoms with Gasteiger partial charge in [0.25, 0.3) is 0 Å². The van der Waals surface area contributed by atoms with Crippen LogP contribution in [-0.4, -0.2) is 12.6 Å². The molecule has 60 valence electrons. The summed E-state index contributed by atoms with van der Waals surface area (Å²) in [5.74, 6) is -0.310. The highest BCUT2D eigenvalue weighted by Gasteiger charge is 2.07. The Bertz CT molecular complexity index is 257. The van der Waals surface area contributed by atoms with Gasteiger partial charge in [-0.1, -0.05) is 11.6 Å². The summed E-state index contributed by atoms with van der Waals surface area (Å²) in [5, 5.41) is 1.68. The molecular formula is C7H7ClO2S. The predicted molar refractivity (Wildman–Crippen MR) is 45.3 cm³/mol. The van der Waals surface area contributed by atoms with Crippen LogP contribution >= 0.6 is 22.9 Å². The molecule has 0 aliphatic carbocycles. The third kappa shape index (κ3) is 2.20. The zero-order chi connectivity index (χ0) is 8.27. The molecule has 0 atom stereocenters. The second kappa shape index (κ2) is 3.74. The first kappa shape index (κ1) is 8.56. The number of thiophene rings is 1. The fourth-order valence-corrected chi connectivity index (χ4v) is 1.48. The summed E-state index contributed by atoms with van der Waals surface area (Å²) in [6, 6.07) is 1.60. The molecule has 1 aromatic rings. The van der Waals surface area contributed by atoms with Crippen LogP contribution in [0.25, 0.3) is 0 Å². The predicted octanol–water partition coefficient (Wildman–Crippen LogP) is 2.58. The molecule has 1 heterocycles. The van der Waals surface area contributed by atoms with E-state index < -0.39 is 0 Å². The summed E-state index contributed by atoms with van der Waals surface area (Å²) in [6.45, 7) is 2.16. The van der Waals surface area contributed by atoms with Crippen LogP contribution in [0, 0.1) is 0 Å². The SMILES string of the molecule is CCOC(=O)c1csc(Cl)c1. The van der Waals surface area contributed by atoms with Crippen molar-refractivity contribution in [1.82, 2.24) is 0 Å². The first-order valence-electron chi connectivity index (χ1n) is 3.15. The monoisotopic (exact) mass is 190 g/mol. The lowest BCUT2D eigenvalue weighted by molar-refractivity contribution is 0.0527. The maximum absolute atomic E-state index is 11.0. The number of rotatable bonds is 2. The molecule has 0 spiro atoms. The normalized spacial score (nSPS) is 9.64. The molecule has 0 aliphatic heterocycles. The van der Waals surface area contributed by atoms with E-state index in [2.05, 4.69) is 0 Å². The highest BCUT2D eigenvalue weighted by molar-refractivity contribution is 7.14. The van der Waals surface area contributed by atoms with Crippen LogP contribution in [0.4, 0.5) is 0 Å². The Morgan fingerprint density at radius 3 is 3.00 bits per heavy atom. The molecule has 0 aliphatic rings. The molecule has 1 rings (SSSR count). The van der Waals surface area contributed by atoms with E-state index in [0.717, 1.165) is 0 Å². The van der Waals surface area contributed by atoms with E-state index in [1.807, 2.05) is 0 Å². The molecule has 0 unspecified atom stereocenters. The molecule has 0 aromatic carbocycles. The molecule has 0 N–H and O–H groups in total. The van der Waals surface area contributed by atoms with Crippen molar-refractivity contribution in [2.75, 3.05) is 6.61 Å². The van der Waals surface area contributed by atoms with Gasteiger partial charge in [0, 0.05) is 5.38 Å². The van der Waals surface area contributed by atoms with Gasteiger partial charge in [0.05, 0.1) is 16.5 Å². The lowest BCUT2D eigenvalue weighted by Crippen LogP contribution is -2.02. The Kier molecular flexibility index (Phi) is 2.91. The summed E-state index contributed by atoms with van der Waals surface area (Å²) >= 11 is 6.94. The van der Waals surface area contributed by atoms with Crippen molar-refractivity contribution in [3.05, 3.63) is 21.3 Å². The molecule has 2 nitrogen and oxygen atoms in total. The van der Waals surface area contributed by atoms with Gasteiger partial charge in [-0.3, -0.25) is 0 Å². The van der Waals surface area contributed by atoms with Crippen LogP contribution in [0.3, 0.4) is 0 Å². The van der Waals surface area contributed by atoms with E-state index in [-0.39, 0.29) is 5.97 Å². The molecule has 0 saturated heterocycles. The minimum Gasteiger partial charge on any atom is -0.462 e. The van der Waals surface area contributed by atoms with E-state index >= 15 is 0 Å². The van der Waals surface area contributed by atoms with E-state index in [4.69, 9.17) is 16.3 Å². The quantitative estimate of drug-likeness (QED) is 0.671. The van der Waals surface area contributed by atoms with Crippen LogP contribution in [0.2, 0.25) is 4.34 Å². The lowest BCUT2D eigenvalue weighted by atomic mass is 10.3. The number of halogens is 1. The zero-order valence-corrected chi connectivity index (χ0v) is 7.54.